The molecule has 1 heterocycles. The van der Waals surface area contributed by atoms with Crippen LogP contribution in [-0.2, 0) is 20.7 Å². The van der Waals surface area contributed by atoms with Crippen LogP contribution < -0.4 is 10.7 Å². The van der Waals surface area contributed by atoms with Gasteiger partial charge in [-0.3, -0.25) is 9.59 Å². The molecule has 1 fully saturated rings. The first kappa shape index (κ1) is 18.4. The molecule has 0 unspecified atom stereocenters. The van der Waals surface area contributed by atoms with Gasteiger partial charge in [0.2, 0.25) is 11.8 Å². The zero-order chi connectivity index (χ0) is 17.4. The van der Waals surface area contributed by atoms with Gasteiger partial charge in [-0.1, -0.05) is 23.7 Å². The fourth-order valence-corrected chi connectivity index (χ4v) is 2.48. The Morgan fingerprint density at radius 1 is 1.29 bits per heavy atom. The van der Waals surface area contributed by atoms with E-state index in [0.29, 0.717) is 17.3 Å². The summed E-state index contributed by atoms with van der Waals surface area (Å²) in [6.45, 7) is 2.99. The lowest BCUT2D eigenvalue weighted by atomic mass is 10.1. The number of halogens is 1. The maximum Gasteiger partial charge on any atom is 0.244 e. The molecule has 7 heteroatoms. The van der Waals surface area contributed by atoms with Crippen LogP contribution in [0.15, 0.2) is 29.4 Å². The fourth-order valence-electron chi connectivity index (χ4n) is 2.35. The van der Waals surface area contributed by atoms with Crippen LogP contribution in [0.4, 0.5) is 0 Å². The monoisotopic (exact) mass is 351 g/mol. The molecule has 0 aliphatic carbocycles. The molecule has 1 saturated heterocycles. The highest BCUT2D eigenvalue weighted by atomic mass is 35.5. The van der Waals surface area contributed by atoms with Gasteiger partial charge >= 0.3 is 0 Å². The van der Waals surface area contributed by atoms with Crippen LogP contribution in [0.2, 0.25) is 5.02 Å². The van der Waals surface area contributed by atoms with E-state index in [-0.39, 0.29) is 30.8 Å². The van der Waals surface area contributed by atoms with Gasteiger partial charge in [-0.15, -0.1) is 0 Å². The summed E-state index contributed by atoms with van der Waals surface area (Å²) in [4.78, 5) is 23.6. The van der Waals surface area contributed by atoms with Crippen molar-refractivity contribution in [2.75, 3.05) is 13.2 Å². The van der Waals surface area contributed by atoms with Crippen LogP contribution in [0, 0.1) is 0 Å². The van der Waals surface area contributed by atoms with Crippen LogP contribution in [0.25, 0.3) is 0 Å². The van der Waals surface area contributed by atoms with E-state index >= 15 is 0 Å². The van der Waals surface area contributed by atoms with Gasteiger partial charge in [-0.25, -0.2) is 5.43 Å². The Morgan fingerprint density at radius 2 is 2.04 bits per heavy atom. The van der Waals surface area contributed by atoms with E-state index in [4.69, 9.17) is 16.3 Å². The number of hydrogen-bond acceptors (Lipinski definition) is 4. The number of amides is 2. The van der Waals surface area contributed by atoms with E-state index in [1.54, 1.807) is 31.2 Å². The zero-order valence-corrected chi connectivity index (χ0v) is 14.4. The predicted molar refractivity (Wildman–Crippen MR) is 93.0 cm³/mol. The van der Waals surface area contributed by atoms with Gasteiger partial charge in [0.1, 0.15) is 0 Å². The third-order valence-electron chi connectivity index (χ3n) is 3.62. The van der Waals surface area contributed by atoms with Crippen molar-refractivity contribution in [3.05, 3.63) is 34.9 Å². The molecule has 0 radical (unpaired) electrons. The van der Waals surface area contributed by atoms with Crippen LogP contribution in [-0.4, -0.2) is 36.8 Å². The van der Waals surface area contributed by atoms with E-state index in [1.807, 2.05) is 0 Å². The van der Waals surface area contributed by atoms with Crippen LogP contribution in [0.5, 0.6) is 0 Å². The first-order chi connectivity index (χ1) is 11.5. The van der Waals surface area contributed by atoms with E-state index in [9.17, 15) is 9.59 Å². The molecule has 6 nitrogen and oxygen atoms in total. The van der Waals surface area contributed by atoms with Crippen molar-refractivity contribution in [2.45, 2.75) is 38.7 Å². The summed E-state index contributed by atoms with van der Waals surface area (Å²) in [5, 5.41) is 7.40. The maximum absolute atomic E-state index is 11.8. The normalized spacial score (nSPS) is 17.6. The minimum atomic E-state index is -0.239. The molecule has 2 N–H and O–H groups in total. The number of carbonyl (C=O) groups is 2. The summed E-state index contributed by atoms with van der Waals surface area (Å²) in [5.41, 5.74) is 3.85. The topological polar surface area (TPSA) is 79.8 Å². The highest BCUT2D eigenvalue weighted by Gasteiger charge is 2.16. The summed E-state index contributed by atoms with van der Waals surface area (Å²) >= 11 is 5.80. The molecule has 0 aromatic heterocycles. The lowest BCUT2D eigenvalue weighted by molar-refractivity contribution is -0.121. The van der Waals surface area contributed by atoms with Gasteiger partial charge < -0.3 is 10.1 Å². The summed E-state index contributed by atoms with van der Waals surface area (Å²) < 4.78 is 5.44. The van der Waals surface area contributed by atoms with Crippen LogP contribution in [0.1, 0.15) is 31.7 Å². The SMILES string of the molecule is C/C(CC(=O)NC[C@H]1CCCO1)=N/NC(=O)Cc1ccc(Cl)cc1. The molecule has 1 aliphatic rings. The zero-order valence-electron chi connectivity index (χ0n) is 13.7. The maximum atomic E-state index is 11.8. The Morgan fingerprint density at radius 3 is 2.71 bits per heavy atom. The second kappa shape index (κ2) is 9.39. The number of ether oxygens (including phenoxy) is 1. The molecule has 0 bridgehead atoms. The Balaban J connectivity index is 1.68. The summed E-state index contributed by atoms with van der Waals surface area (Å²) in [6, 6.07) is 7.04. The van der Waals surface area contributed by atoms with Crippen molar-refractivity contribution in [1.82, 2.24) is 10.7 Å². The summed E-state index contributed by atoms with van der Waals surface area (Å²) in [6.07, 6.45) is 2.49. The molecule has 0 spiro atoms. The first-order valence-corrected chi connectivity index (χ1v) is 8.35. The van der Waals surface area contributed by atoms with Crippen molar-refractivity contribution >= 4 is 29.1 Å². The lowest BCUT2D eigenvalue weighted by Crippen LogP contribution is -2.33. The molecule has 1 aliphatic heterocycles. The van der Waals surface area contributed by atoms with Gasteiger partial charge in [0.25, 0.3) is 0 Å². The number of nitrogens with zero attached hydrogens (tertiary/aromatic N) is 1. The average molecular weight is 352 g/mol. The number of benzene rings is 1. The Bertz CT molecular complexity index is 596. The van der Waals surface area contributed by atoms with Gasteiger partial charge in [0.05, 0.1) is 18.9 Å². The van der Waals surface area contributed by atoms with Gasteiger partial charge in [-0.05, 0) is 37.5 Å². The summed E-state index contributed by atoms with van der Waals surface area (Å²) in [5.74, 6) is -0.366. The van der Waals surface area contributed by atoms with Crippen LogP contribution in [0.3, 0.4) is 0 Å². The van der Waals surface area contributed by atoms with E-state index in [1.165, 1.54) is 0 Å². The van der Waals surface area contributed by atoms with Gasteiger partial charge in [0.15, 0.2) is 0 Å². The number of nitrogens with one attached hydrogen (secondary N) is 2. The number of carbonyl (C=O) groups excluding carboxylic acids is 2. The molecular formula is C17H22ClN3O3. The molecule has 1 atom stereocenters. The van der Waals surface area contributed by atoms with Crippen molar-refractivity contribution in [3.63, 3.8) is 0 Å². The molecule has 2 amide bonds. The molecule has 130 valence electrons. The van der Waals surface area contributed by atoms with Crippen molar-refractivity contribution in [3.8, 4) is 0 Å². The Hall–Kier alpha value is -1.92. The van der Waals surface area contributed by atoms with E-state index < -0.39 is 0 Å². The van der Waals surface area contributed by atoms with E-state index in [0.717, 1.165) is 25.0 Å². The Kier molecular flexibility index (Phi) is 7.21. The quantitative estimate of drug-likeness (QED) is 0.583. The third-order valence-corrected chi connectivity index (χ3v) is 3.87. The Labute approximate surface area is 146 Å². The second-order valence-corrected chi connectivity index (χ2v) is 6.24. The molecule has 2 rings (SSSR count). The van der Waals surface area contributed by atoms with Crippen molar-refractivity contribution < 1.29 is 14.3 Å². The number of rotatable bonds is 7. The minimum absolute atomic E-state index is 0.116. The first-order valence-electron chi connectivity index (χ1n) is 7.97. The fraction of sp³-hybridized carbons (Fsp3) is 0.471. The molecular weight excluding hydrogens is 330 g/mol. The van der Waals surface area contributed by atoms with Gasteiger partial charge in [0, 0.05) is 23.9 Å². The third kappa shape index (κ3) is 6.68. The molecule has 0 saturated carbocycles. The highest BCUT2D eigenvalue weighted by molar-refractivity contribution is 6.30. The average Bonchev–Trinajstić information content (AvgIpc) is 3.07. The highest BCUT2D eigenvalue weighted by Crippen LogP contribution is 2.11. The van der Waals surface area contributed by atoms with Gasteiger partial charge in [-0.2, -0.15) is 5.10 Å². The number of hydrazone groups is 1. The van der Waals surface area contributed by atoms with E-state index in [2.05, 4.69) is 15.8 Å². The van der Waals surface area contributed by atoms with Crippen molar-refractivity contribution in [2.24, 2.45) is 5.10 Å². The standard InChI is InChI=1S/C17H22ClN3O3/c1-12(9-16(22)19-11-15-3-2-8-24-15)20-21-17(23)10-13-4-6-14(18)7-5-13/h4-7,15H,2-3,8-11H2,1H3,(H,19,22)(H,21,23)/b20-12-/t15-/m1/s1. The molecule has 1 aromatic carbocycles. The predicted octanol–water partition coefficient (Wildman–Crippen LogP) is 2.06. The van der Waals surface area contributed by atoms with Crippen molar-refractivity contribution in [1.29, 1.82) is 0 Å². The summed E-state index contributed by atoms with van der Waals surface area (Å²) in [7, 11) is 0. The largest absolute Gasteiger partial charge is 0.376 e. The minimum Gasteiger partial charge on any atom is -0.376 e. The van der Waals surface area contributed by atoms with Crippen LogP contribution >= 0.6 is 11.6 Å². The molecule has 1 aromatic rings. The lowest BCUT2D eigenvalue weighted by Gasteiger charge is -2.10. The smallest absolute Gasteiger partial charge is 0.244 e. The second-order valence-electron chi connectivity index (χ2n) is 5.80. The molecule has 24 heavy (non-hydrogen) atoms. The number of hydrogen-bond donors (Lipinski definition) is 2.